The lowest BCUT2D eigenvalue weighted by Gasteiger charge is -1.98. The molecule has 1 aromatic heterocycles. The molecule has 1 heterocycles. The molecule has 0 spiro atoms. The van der Waals surface area contributed by atoms with E-state index in [1.54, 1.807) is 18.2 Å². The van der Waals surface area contributed by atoms with Crippen molar-refractivity contribution in [3.05, 3.63) is 44.6 Å². The number of para-hydroxylation sites is 1. The second kappa shape index (κ2) is 3.39. The first kappa shape index (κ1) is 9.72. The maximum atomic E-state index is 11.6. The Hall–Kier alpha value is -1.82. The summed E-state index contributed by atoms with van der Waals surface area (Å²) in [7, 11) is 0. The van der Waals surface area contributed by atoms with Crippen LogP contribution in [0.15, 0.2) is 38.6 Å². The van der Waals surface area contributed by atoms with Crippen LogP contribution in [0.4, 0.5) is 5.69 Å². The van der Waals surface area contributed by atoms with E-state index in [1.165, 1.54) is 6.07 Å². The highest BCUT2D eigenvalue weighted by Gasteiger charge is 2.21. The zero-order valence-corrected chi connectivity index (χ0v) is 8.23. The molecule has 1 aromatic carbocycles. The van der Waals surface area contributed by atoms with Crippen molar-refractivity contribution in [2.45, 2.75) is 5.09 Å². The predicted octanol–water partition coefficient (Wildman–Crippen LogP) is 1.99. The lowest BCUT2D eigenvalue weighted by Crippen LogP contribution is -2.08. The molecule has 76 valence electrons. The van der Waals surface area contributed by atoms with Gasteiger partial charge in [0.25, 0.3) is 5.43 Å². The van der Waals surface area contributed by atoms with Crippen LogP contribution in [0.25, 0.3) is 11.0 Å². The van der Waals surface area contributed by atoms with Crippen molar-refractivity contribution in [3.63, 3.8) is 0 Å². The van der Waals surface area contributed by atoms with Crippen LogP contribution in [0.3, 0.4) is 0 Å². The van der Waals surface area contributed by atoms with Gasteiger partial charge in [-0.1, -0.05) is 24.8 Å². The van der Waals surface area contributed by atoms with Crippen LogP contribution in [-0.4, -0.2) is 4.92 Å². The second-order valence-electron chi connectivity index (χ2n) is 2.84. The van der Waals surface area contributed by atoms with E-state index in [9.17, 15) is 14.9 Å². The standard InChI is InChI=1S/C9H5NO4S/c11-8-5-3-1-2-4-6(5)14-9(15)7(8)10(12)13/h1-4,15H. The summed E-state index contributed by atoms with van der Waals surface area (Å²) in [6.07, 6.45) is 0. The van der Waals surface area contributed by atoms with Crippen LogP contribution in [0, 0.1) is 10.1 Å². The minimum absolute atomic E-state index is 0.182. The number of fused-ring (bicyclic) bond motifs is 1. The van der Waals surface area contributed by atoms with Gasteiger partial charge in [0.2, 0.25) is 5.09 Å². The average molecular weight is 223 g/mol. The number of rotatable bonds is 1. The summed E-state index contributed by atoms with van der Waals surface area (Å²) in [4.78, 5) is 21.4. The molecule has 2 aromatic rings. The van der Waals surface area contributed by atoms with Gasteiger partial charge in [0.05, 0.1) is 10.3 Å². The van der Waals surface area contributed by atoms with Gasteiger partial charge in [-0.25, -0.2) is 0 Å². The molecular weight excluding hydrogens is 218 g/mol. The lowest BCUT2D eigenvalue weighted by atomic mass is 10.2. The van der Waals surface area contributed by atoms with Crippen molar-refractivity contribution >= 4 is 29.3 Å². The molecule has 5 nitrogen and oxygen atoms in total. The number of hydrogen-bond donors (Lipinski definition) is 1. The number of hydrogen-bond acceptors (Lipinski definition) is 5. The topological polar surface area (TPSA) is 73.3 Å². The van der Waals surface area contributed by atoms with Crippen molar-refractivity contribution in [2.24, 2.45) is 0 Å². The minimum atomic E-state index is -0.791. The fourth-order valence-corrected chi connectivity index (χ4v) is 1.56. The maximum absolute atomic E-state index is 11.6. The molecule has 2 rings (SSSR count). The predicted molar refractivity (Wildman–Crippen MR) is 56.4 cm³/mol. The molecule has 0 amide bonds. The van der Waals surface area contributed by atoms with Crippen molar-refractivity contribution in [3.8, 4) is 0 Å². The molecule has 0 saturated carbocycles. The summed E-state index contributed by atoms with van der Waals surface area (Å²) < 4.78 is 5.06. The third-order valence-electron chi connectivity index (χ3n) is 1.94. The highest BCUT2D eigenvalue weighted by atomic mass is 32.1. The van der Waals surface area contributed by atoms with E-state index in [0.29, 0.717) is 0 Å². The largest absolute Gasteiger partial charge is 0.443 e. The Labute approximate surface area is 88.9 Å². The van der Waals surface area contributed by atoms with Gasteiger partial charge < -0.3 is 4.42 Å². The van der Waals surface area contributed by atoms with Gasteiger partial charge in [-0.3, -0.25) is 14.9 Å². The maximum Gasteiger partial charge on any atom is 0.365 e. The number of thiol groups is 1. The van der Waals surface area contributed by atoms with Crippen molar-refractivity contribution in [1.82, 2.24) is 0 Å². The Balaban J connectivity index is 2.97. The van der Waals surface area contributed by atoms with E-state index in [1.807, 2.05) is 0 Å². The summed E-state index contributed by atoms with van der Waals surface area (Å²) >= 11 is 3.77. The van der Waals surface area contributed by atoms with E-state index in [2.05, 4.69) is 12.6 Å². The zero-order chi connectivity index (χ0) is 11.0. The minimum Gasteiger partial charge on any atom is -0.443 e. The van der Waals surface area contributed by atoms with Gasteiger partial charge in [0, 0.05) is 0 Å². The Morgan fingerprint density at radius 2 is 2.00 bits per heavy atom. The monoisotopic (exact) mass is 223 g/mol. The quantitative estimate of drug-likeness (QED) is 0.455. The van der Waals surface area contributed by atoms with Crippen molar-refractivity contribution in [1.29, 1.82) is 0 Å². The molecule has 0 radical (unpaired) electrons. The van der Waals surface area contributed by atoms with Crippen LogP contribution in [-0.2, 0) is 0 Å². The Kier molecular flexibility index (Phi) is 2.20. The fraction of sp³-hybridized carbons (Fsp3) is 0. The molecule has 6 heteroatoms. The highest BCUT2D eigenvalue weighted by molar-refractivity contribution is 7.80. The number of nitro groups is 1. The summed E-state index contributed by atoms with van der Waals surface area (Å²) in [5.74, 6) is 0. The first-order valence-electron chi connectivity index (χ1n) is 4.00. The molecule has 0 fully saturated rings. The molecule has 0 aliphatic carbocycles. The first-order chi connectivity index (χ1) is 7.11. The lowest BCUT2D eigenvalue weighted by molar-refractivity contribution is -0.390. The Morgan fingerprint density at radius 3 is 2.67 bits per heavy atom. The van der Waals surface area contributed by atoms with Crippen LogP contribution in [0.2, 0.25) is 0 Å². The molecule has 0 aliphatic heterocycles. The molecule has 0 saturated heterocycles. The smallest absolute Gasteiger partial charge is 0.365 e. The summed E-state index contributed by atoms with van der Waals surface area (Å²) in [5.41, 5.74) is -1.01. The van der Waals surface area contributed by atoms with Gasteiger partial charge in [-0.15, -0.1) is 0 Å². The summed E-state index contributed by atoms with van der Waals surface area (Å²) in [6.45, 7) is 0. The van der Waals surface area contributed by atoms with Crippen LogP contribution in [0.1, 0.15) is 0 Å². The van der Waals surface area contributed by atoms with Crippen LogP contribution in [0.5, 0.6) is 0 Å². The van der Waals surface area contributed by atoms with E-state index < -0.39 is 16.0 Å². The molecule has 0 unspecified atom stereocenters. The third-order valence-corrected chi connectivity index (χ3v) is 2.24. The van der Waals surface area contributed by atoms with Gasteiger partial charge >= 0.3 is 5.69 Å². The van der Waals surface area contributed by atoms with Crippen LogP contribution >= 0.6 is 12.6 Å². The molecule has 0 atom stereocenters. The number of benzene rings is 1. The molecule has 15 heavy (non-hydrogen) atoms. The summed E-state index contributed by atoms with van der Waals surface area (Å²) in [6, 6.07) is 6.31. The van der Waals surface area contributed by atoms with E-state index in [4.69, 9.17) is 4.42 Å². The van der Waals surface area contributed by atoms with E-state index >= 15 is 0 Å². The van der Waals surface area contributed by atoms with Gasteiger partial charge in [-0.05, 0) is 12.1 Å². The van der Waals surface area contributed by atoms with E-state index in [-0.39, 0.29) is 16.1 Å². The van der Waals surface area contributed by atoms with Gasteiger partial charge in [0.15, 0.2) is 0 Å². The highest BCUT2D eigenvalue weighted by Crippen LogP contribution is 2.23. The summed E-state index contributed by atoms with van der Waals surface area (Å²) in [5, 5.41) is 10.5. The SMILES string of the molecule is O=c1c([N+](=O)[O-])c(S)oc2ccccc12. The second-order valence-corrected chi connectivity index (χ2v) is 3.24. The first-order valence-corrected chi connectivity index (χ1v) is 4.45. The fourth-order valence-electron chi connectivity index (χ4n) is 1.28. The molecule has 0 aliphatic rings. The average Bonchev–Trinajstić information content (AvgIpc) is 2.17. The normalized spacial score (nSPS) is 10.5. The van der Waals surface area contributed by atoms with E-state index in [0.717, 1.165) is 0 Å². The molecular formula is C9H5NO4S. The molecule has 0 bridgehead atoms. The zero-order valence-electron chi connectivity index (χ0n) is 7.34. The van der Waals surface area contributed by atoms with Gasteiger partial charge in [-0.2, -0.15) is 0 Å². The Morgan fingerprint density at radius 1 is 1.33 bits per heavy atom. The number of nitrogens with zero attached hydrogens (tertiary/aromatic N) is 1. The van der Waals surface area contributed by atoms with Crippen LogP contribution < -0.4 is 5.43 Å². The molecule has 0 N–H and O–H groups in total. The van der Waals surface area contributed by atoms with Crippen molar-refractivity contribution < 1.29 is 9.34 Å². The van der Waals surface area contributed by atoms with Crippen molar-refractivity contribution in [2.75, 3.05) is 0 Å². The Bertz CT molecular complexity index is 605. The third kappa shape index (κ3) is 1.48. The van der Waals surface area contributed by atoms with Gasteiger partial charge in [0.1, 0.15) is 5.58 Å².